The van der Waals surface area contributed by atoms with E-state index in [4.69, 9.17) is 5.73 Å². The van der Waals surface area contributed by atoms with Crippen molar-refractivity contribution in [3.8, 4) is 0 Å². The molecular weight excluding hydrogens is 196 g/mol. The molecule has 0 saturated carbocycles. The molecule has 0 aliphatic heterocycles. The lowest BCUT2D eigenvalue weighted by molar-refractivity contribution is 0.0594. The van der Waals surface area contributed by atoms with Crippen LogP contribution in [0.25, 0.3) is 0 Å². The van der Waals surface area contributed by atoms with Crippen molar-refractivity contribution in [3.05, 3.63) is 17.8 Å². The highest BCUT2D eigenvalue weighted by Gasteiger charge is 2.10. The van der Waals surface area contributed by atoms with Crippen LogP contribution in [0.2, 0.25) is 0 Å². The minimum Gasteiger partial charge on any atom is -0.464 e. The zero-order valence-electron chi connectivity index (χ0n) is 8.94. The molecule has 0 aliphatic rings. The van der Waals surface area contributed by atoms with Gasteiger partial charge in [-0.2, -0.15) is 0 Å². The molecule has 0 aliphatic carbocycles. The number of carbonyl (C=O) groups is 1. The Hall–Kier alpha value is -1.82. The molecule has 0 saturated heterocycles. The van der Waals surface area contributed by atoms with Crippen molar-refractivity contribution < 1.29 is 9.53 Å². The van der Waals surface area contributed by atoms with E-state index in [0.717, 1.165) is 0 Å². The summed E-state index contributed by atoms with van der Waals surface area (Å²) in [4.78, 5) is 15.2. The maximum absolute atomic E-state index is 11.2. The van der Waals surface area contributed by atoms with Crippen LogP contribution in [0.5, 0.6) is 0 Å². The third-order valence-electron chi connectivity index (χ3n) is 1.65. The number of ether oxygens (including phenoxy) is 1. The third kappa shape index (κ3) is 2.81. The predicted molar refractivity (Wildman–Crippen MR) is 57.3 cm³/mol. The summed E-state index contributed by atoms with van der Waals surface area (Å²) in [6.45, 7) is 0. The molecule has 1 aromatic heterocycles. The van der Waals surface area contributed by atoms with E-state index in [1.165, 1.54) is 13.2 Å². The topological polar surface area (TPSA) is 80.5 Å². The first-order valence-electron chi connectivity index (χ1n) is 4.33. The fourth-order valence-electron chi connectivity index (χ4n) is 0.990. The minimum atomic E-state index is -0.489. The molecule has 0 spiro atoms. The van der Waals surface area contributed by atoms with Crippen LogP contribution in [-0.4, -0.2) is 37.2 Å². The van der Waals surface area contributed by atoms with Crippen LogP contribution in [-0.2, 0) is 4.74 Å². The van der Waals surface area contributed by atoms with Crippen LogP contribution in [0.3, 0.4) is 0 Å². The minimum absolute atomic E-state index is 0.219. The number of methoxy groups -OCH3 is 1. The largest absolute Gasteiger partial charge is 0.464 e. The van der Waals surface area contributed by atoms with Gasteiger partial charge in [0.2, 0.25) is 0 Å². The lowest BCUT2D eigenvalue weighted by atomic mass is 10.3. The van der Waals surface area contributed by atoms with E-state index in [-0.39, 0.29) is 5.69 Å². The van der Waals surface area contributed by atoms with E-state index in [0.29, 0.717) is 11.5 Å². The van der Waals surface area contributed by atoms with Crippen LogP contribution >= 0.6 is 0 Å². The number of hydrogen-bond acceptors (Lipinski definition) is 6. The Morgan fingerprint density at radius 1 is 1.53 bits per heavy atom. The number of nitrogens with one attached hydrogen (secondary N) is 1. The number of pyridine rings is 1. The normalized spacial score (nSPS) is 10.1. The Balaban J connectivity index is 2.99. The van der Waals surface area contributed by atoms with Gasteiger partial charge in [0.25, 0.3) is 0 Å². The molecule has 0 radical (unpaired) electrons. The first-order chi connectivity index (χ1) is 7.04. The van der Waals surface area contributed by atoms with Crippen LogP contribution in [0.1, 0.15) is 10.5 Å². The molecule has 1 aromatic rings. The Kier molecular flexibility index (Phi) is 3.46. The van der Waals surface area contributed by atoms with E-state index in [2.05, 4.69) is 15.1 Å². The van der Waals surface area contributed by atoms with Gasteiger partial charge < -0.3 is 15.9 Å². The average molecular weight is 210 g/mol. The maximum Gasteiger partial charge on any atom is 0.356 e. The highest BCUT2D eigenvalue weighted by molar-refractivity contribution is 5.88. The van der Waals surface area contributed by atoms with Gasteiger partial charge in [0, 0.05) is 14.1 Å². The molecule has 82 valence electrons. The number of anilines is 2. The molecular formula is C9H14N4O2. The van der Waals surface area contributed by atoms with Crippen molar-refractivity contribution >= 4 is 17.5 Å². The van der Waals surface area contributed by atoms with Gasteiger partial charge in [0.1, 0.15) is 0 Å². The Morgan fingerprint density at radius 3 is 2.73 bits per heavy atom. The average Bonchev–Trinajstić information content (AvgIpc) is 2.19. The molecule has 0 atom stereocenters. The first-order valence-corrected chi connectivity index (χ1v) is 4.33. The molecule has 1 heterocycles. The summed E-state index contributed by atoms with van der Waals surface area (Å²) in [6.07, 6.45) is 0. The fraction of sp³-hybridized carbons (Fsp3) is 0.333. The van der Waals surface area contributed by atoms with Crippen molar-refractivity contribution in [1.82, 2.24) is 9.99 Å². The molecule has 0 amide bonds. The molecule has 0 unspecified atom stereocenters. The van der Waals surface area contributed by atoms with Gasteiger partial charge in [-0.3, -0.25) is 0 Å². The van der Waals surface area contributed by atoms with Crippen LogP contribution in [0, 0.1) is 0 Å². The fourth-order valence-corrected chi connectivity index (χ4v) is 0.990. The van der Waals surface area contributed by atoms with E-state index < -0.39 is 5.97 Å². The molecule has 6 nitrogen and oxygen atoms in total. The van der Waals surface area contributed by atoms with Gasteiger partial charge in [0.05, 0.1) is 12.8 Å². The van der Waals surface area contributed by atoms with Crippen molar-refractivity contribution in [2.24, 2.45) is 0 Å². The van der Waals surface area contributed by atoms with Crippen molar-refractivity contribution in [2.45, 2.75) is 0 Å². The van der Waals surface area contributed by atoms with Gasteiger partial charge in [-0.05, 0) is 12.1 Å². The summed E-state index contributed by atoms with van der Waals surface area (Å²) in [5.41, 5.74) is 9.24. The van der Waals surface area contributed by atoms with Crippen LogP contribution < -0.4 is 11.2 Å². The molecule has 0 aromatic carbocycles. The van der Waals surface area contributed by atoms with Gasteiger partial charge >= 0.3 is 5.97 Å². The predicted octanol–water partition coefficient (Wildman–Crippen LogP) is 0.339. The molecule has 15 heavy (non-hydrogen) atoms. The second-order valence-corrected chi connectivity index (χ2v) is 3.13. The van der Waals surface area contributed by atoms with Crippen molar-refractivity contribution in [2.75, 3.05) is 32.4 Å². The number of hydrazine groups is 1. The quantitative estimate of drug-likeness (QED) is 0.553. The van der Waals surface area contributed by atoms with Gasteiger partial charge in [0.15, 0.2) is 11.5 Å². The SMILES string of the molecule is COC(=O)c1ccc(N)c(NN(C)C)n1. The van der Waals surface area contributed by atoms with Crippen molar-refractivity contribution in [1.29, 1.82) is 0 Å². The number of carbonyl (C=O) groups excluding carboxylic acids is 1. The highest BCUT2D eigenvalue weighted by atomic mass is 16.5. The number of nitrogens with zero attached hydrogens (tertiary/aromatic N) is 2. The molecule has 1 rings (SSSR count). The van der Waals surface area contributed by atoms with E-state index >= 15 is 0 Å². The second kappa shape index (κ2) is 4.61. The number of esters is 1. The summed E-state index contributed by atoms with van der Waals surface area (Å²) in [7, 11) is 4.90. The third-order valence-corrected chi connectivity index (χ3v) is 1.65. The Labute approximate surface area is 88.0 Å². The summed E-state index contributed by atoms with van der Waals surface area (Å²) in [6, 6.07) is 3.12. The monoisotopic (exact) mass is 210 g/mol. The van der Waals surface area contributed by atoms with Gasteiger partial charge in [-0.1, -0.05) is 0 Å². The first kappa shape index (κ1) is 11.3. The lowest BCUT2D eigenvalue weighted by Gasteiger charge is -2.14. The smallest absolute Gasteiger partial charge is 0.356 e. The van der Waals surface area contributed by atoms with E-state index in [1.54, 1.807) is 25.2 Å². The zero-order chi connectivity index (χ0) is 11.4. The summed E-state index contributed by atoms with van der Waals surface area (Å²) >= 11 is 0. The highest BCUT2D eigenvalue weighted by Crippen LogP contribution is 2.16. The Bertz CT molecular complexity index is 365. The Morgan fingerprint density at radius 2 is 2.20 bits per heavy atom. The van der Waals surface area contributed by atoms with Gasteiger partial charge in [-0.25, -0.2) is 14.8 Å². The second-order valence-electron chi connectivity index (χ2n) is 3.13. The van der Waals surface area contributed by atoms with Crippen molar-refractivity contribution in [3.63, 3.8) is 0 Å². The van der Waals surface area contributed by atoms with E-state index in [1.807, 2.05) is 0 Å². The molecule has 0 bridgehead atoms. The van der Waals surface area contributed by atoms with Crippen LogP contribution in [0.4, 0.5) is 11.5 Å². The number of nitrogens with two attached hydrogens (primary N) is 1. The standard InChI is InChI=1S/C9H14N4O2/c1-13(2)12-8-6(10)4-5-7(11-8)9(14)15-3/h4-5H,10H2,1-3H3,(H,11,12). The summed E-state index contributed by atoms with van der Waals surface area (Å²) < 4.78 is 4.55. The molecule has 0 fully saturated rings. The lowest BCUT2D eigenvalue weighted by Crippen LogP contribution is -2.22. The molecule has 6 heteroatoms. The summed E-state index contributed by atoms with van der Waals surface area (Å²) in [5.74, 6) is -0.0558. The number of nitrogen functional groups attached to an aromatic ring is 1. The number of hydrogen-bond donors (Lipinski definition) is 2. The number of aromatic nitrogens is 1. The zero-order valence-corrected chi connectivity index (χ0v) is 8.94. The maximum atomic E-state index is 11.2. The number of rotatable bonds is 3. The molecule has 3 N–H and O–H groups in total. The van der Waals surface area contributed by atoms with Gasteiger partial charge in [-0.15, -0.1) is 0 Å². The van der Waals surface area contributed by atoms with Crippen LogP contribution in [0.15, 0.2) is 12.1 Å². The van der Waals surface area contributed by atoms with E-state index in [9.17, 15) is 4.79 Å². The summed E-state index contributed by atoms with van der Waals surface area (Å²) in [5, 5.41) is 1.68.